The van der Waals surface area contributed by atoms with Crippen LogP contribution in [0.5, 0.6) is 11.5 Å². The quantitative estimate of drug-likeness (QED) is 0.813. The lowest BCUT2D eigenvalue weighted by Crippen LogP contribution is -2.47. The van der Waals surface area contributed by atoms with Gasteiger partial charge >= 0.3 is 6.03 Å². The highest BCUT2D eigenvalue weighted by molar-refractivity contribution is 5.74. The lowest BCUT2D eigenvalue weighted by molar-refractivity contribution is 0.0675. The highest BCUT2D eigenvalue weighted by atomic mass is 16.6. The maximum Gasteiger partial charge on any atom is 0.317 e. The van der Waals surface area contributed by atoms with Crippen LogP contribution in [0.15, 0.2) is 48.5 Å². The largest absolute Gasteiger partial charge is 0.486 e. The molecule has 1 aliphatic rings. The number of hydrogen-bond acceptors (Lipinski definition) is 4. The molecule has 2 amide bonds. The molecule has 144 valence electrons. The van der Waals surface area contributed by atoms with Crippen LogP contribution in [-0.2, 0) is 17.9 Å². The van der Waals surface area contributed by atoms with Gasteiger partial charge < -0.3 is 24.4 Å². The van der Waals surface area contributed by atoms with Crippen LogP contribution in [0.2, 0.25) is 0 Å². The second-order valence-electron chi connectivity index (χ2n) is 6.45. The van der Waals surface area contributed by atoms with Crippen molar-refractivity contribution in [3.63, 3.8) is 0 Å². The number of likely N-dealkylation sites (N-methyl/N-ethyl adjacent to an activating group) is 1. The van der Waals surface area contributed by atoms with Crippen LogP contribution in [0.4, 0.5) is 4.79 Å². The lowest BCUT2D eigenvalue weighted by atomic mass is 10.1. The Bertz CT molecular complexity index is 765. The van der Waals surface area contributed by atoms with E-state index >= 15 is 0 Å². The molecule has 1 heterocycles. The van der Waals surface area contributed by atoms with E-state index in [9.17, 15) is 4.79 Å². The number of nitrogens with one attached hydrogen (secondary N) is 1. The number of amides is 2. The summed E-state index contributed by atoms with van der Waals surface area (Å²) in [6, 6.07) is 15.5. The number of ether oxygens (including phenoxy) is 3. The van der Waals surface area contributed by atoms with E-state index in [4.69, 9.17) is 14.2 Å². The first-order chi connectivity index (χ1) is 13.2. The molecule has 1 atom stereocenters. The molecule has 1 unspecified atom stereocenters. The Morgan fingerprint density at radius 2 is 1.96 bits per heavy atom. The lowest BCUT2D eigenvalue weighted by Gasteiger charge is -2.31. The average Bonchev–Trinajstić information content (AvgIpc) is 2.70. The summed E-state index contributed by atoms with van der Waals surface area (Å²) in [5, 5.41) is 2.98. The Kier molecular flexibility index (Phi) is 6.54. The summed E-state index contributed by atoms with van der Waals surface area (Å²) in [6.07, 6.45) is -0.185. The molecule has 6 heteroatoms. The molecule has 0 saturated carbocycles. The van der Waals surface area contributed by atoms with Crippen LogP contribution >= 0.6 is 0 Å². The summed E-state index contributed by atoms with van der Waals surface area (Å²) in [5.41, 5.74) is 2.13. The maximum atomic E-state index is 12.6. The number of fused-ring (bicyclic) bond motifs is 1. The molecule has 0 bridgehead atoms. The topological polar surface area (TPSA) is 60.0 Å². The van der Waals surface area contributed by atoms with Gasteiger partial charge in [0.25, 0.3) is 0 Å². The monoisotopic (exact) mass is 370 g/mol. The molecule has 2 aromatic rings. The normalized spacial score (nSPS) is 15.3. The molecule has 27 heavy (non-hydrogen) atoms. The highest BCUT2D eigenvalue weighted by Gasteiger charge is 2.24. The van der Waals surface area contributed by atoms with E-state index in [-0.39, 0.29) is 12.1 Å². The fourth-order valence-corrected chi connectivity index (χ4v) is 3.04. The molecule has 0 aromatic heterocycles. The zero-order valence-corrected chi connectivity index (χ0v) is 15.8. The molecule has 1 aliphatic heterocycles. The summed E-state index contributed by atoms with van der Waals surface area (Å²) in [5.74, 6) is 1.47. The van der Waals surface area contributed by atoms with E-state index in [1.54, 1.807) is 12.0 Å². The number of benzene rings is 2. The van der Waals surface area contributed by atoms with Gasteiger partial charge in [-0.1, -0.05) is 36.4 Å². The fraction of sp³-hybridized carbons (Fsp3) is 0.381. The van der Waals surface area contributed by atoms with Gasteiger partial charge in [-0.25, -0.2) is 4.79 Å². The minimum atomic E-state index is -0.185. The number of hydrogen-bond donors (Lipinski definition) is 1. The van der Waals surface area contributed by atoms with Gasteiger partial charge in [-0.15, -0.1) is 0 Å². The number of rotatable bonds is 7. The Balaban J connectivity index is 1.53. The minimum Gasteiger partial charge on any atom is -0.486 e. The minimum absolute atomic E-state index is 0.114. The third-order valence-corrected chi connectivity index (χ3v) is 4.41. The van der Waals surface area contributed by atoms with Crippen molar-refractivity contribution >= 4 is 6.03 Å². The summed E-state index contributed by atoms with van der Waals surface area (Å²) in [4.78, 5) is 14.3. The Morgan fingerprint density at radius 1 is 1.19 bits per heavy atom. The van der Waals surface area contributed by atoms with Crippen LogP contribution in [0.3, 0.4) is 0 Å². The number of carbonyl (C=O) groups excluding carboxylic acids is 1. The molecule has 1 N–H and O–H groups in total. The first kappa shape index (κ1) is 19.0. The number of carbonyl (C=O) groups is 1. The van der Waals surface area contributed by atoms with Crippen LogP contribution in [0.1, 0.15) is 18.1 Å². The van der Waals surface area contributed by atoms with Crippen molar-refractivity contribution in [1.82, 2.24) is 10.2 Å². The van der Waals surface area contributed by atoms with Crippen molar-refractivity contribution in [1.29, 1.82) is 0 Å². The van der Waals surface area contributed by atoms with Crippen molar-refractivity contribution in [2.45, 2.75) is 26.2 Å². The van der Waals surface area contributed by atoms with Crippen molar-refractivity contribution in [3.05, 3.63) is 59.7 Å². The van der Waals surface area contributed by atoms with Crippen LogP contribution < -0.4 is 14.8 Å². The Labute approximate surface area is 160 Å². The van der Waals surface area contributed by atoms with Gasteiger partial charge in [0.05, 0.1) is 13.2 Å². The van der Waals surface area contributed by atoms with Crippen molar-refractivity contribution in [3.8, 4) is 11.5 Å². The third kappa shape index (κ3) is 5.14. The number of methoxy groups -OCH3 is 1. The summed E-state index contributed by atoms with van der Waals surface area (Å²) >= 11 is 0. The van der Waals surface area contributed by atoms with Gasteiger partial charge in [0, 0.05) is 20.2 Å². The molecule has 6 nitrogen and oxygen atoms in total. The maximum absolute atomic E-state index is 12.6. The zero-order chi connectivity index (χ0) is 19.1. The number of para-hydroxylation sites is 2. The molecule has 0 saturated heterocycles. The van der Waals surface area contributed by atoms with Gasteiger partial charge in [0.2, 0.25) is 0 Å². The van der Waals surface area contributed by atoms with Crippen LogP contribution in [0.25, 0.3) is 0 Å². The van der Waals surface area contributed by atoms with E-state index in [1.807, 2.05) is 55.5 Å². The first-order valence-electron chi connectivity index (χ1n) is 9.17. The molecule has 0 fully saturated rings. The highest BCUT2D eigenvalue weighted by Crippen LogP contribution is 2.31. The van der Waals surface area contributed by atoms with Crippen molar-refractivity contribution in [2.75, 3.05) is 26.8 Å². The van der Waals surface area contributed by atoms with E-state index < -0.39 is 0 Å². The number of nitrogens with zero attached hydrogens (tertiary/aromatic N) is 1. The van der Waals surface area contributed by atoms with E-state index in [0.29, 0.717) is 32.8 Å². The van der Waals surface area contributed by atoms with Gasteiger partial charge in [-0.3, -0.25) is 0 Å². The summed E-state index contributed by atoms with van der Waals surface area (Å²) < 4.78 is 16.8. The van der Waals surface area contributed by atoms with E-state index in [0.717, 1.165) is 22.6 Å². The van der Waals surface area contributed by atoms with E-state index in [1.165, 1.54) is 0 Å². The molecular weight excluding hydrogens is 344 g/mol. The summed E-state index contributed by atoms with van der Waals surface area (Å²) in [7, 11) is 1.67. The SMILES string of the molecule is CCN(CC1COc2ccccc2O1)C(=O)NCc1cccc(COC)c1. The molecule has 0 radical (unpaired) electrons. The first-order valence-corrected chi connectivity index (χ1v) is 9.17. The van der Waals surface area contributed by atoms with Gasteiger partial charge in [0.15, 0.2) is 17.6 Å². The van der Waals surface area contributed by atoms with Crippen LogP contribution in [0, 0.1) is 0 Å². The third-order valence-electron chi connectivity index (χ3n) is 4.41. The second-order valence-corrected chi connectivity index (χ2v) is 6.45. The standard InChI is InChI=1S/C21H26N2O4/c1-3-23(13-18-15-26-19-9-4-5-10-20(19)27-18)21(24)22-12-16-7-6-8-17(11-16)14-25-2/h4-11,18H,3,12-15H2,1-2H3,(H,22,24). The van der Waals surface area contributed by atoms with Crippen molar-refractivity contribution < 1.29 is 19.0 Å². The zero-order valence-electron chi connectivity index (χ0n) is 15.8. The summed E-state index contributed by atoms with van der Waals surface area (Å²) in [6.45, 7) is 4.48. The van der Waals surface area contributed by atoms with Gasteiger partial charge in [0.1, 0.15) is 6.61 Å². The van der Waals surface area contributed by atoms with Gasteiger partial charge in [-0.05, 0) is 30.2 Å². The molecule has 0 spiro atoms. The van der Waals surface area contributed by atoms with Crippen LogP contribution in [-0.4, -0.2) is 43.8 Å². The second kappa shape index (κ2) is 9.28. The predicted octanol–water partition coefficient (Wildman–Crippen LogP) is 3.20. The van der Waals surface area contributed by atoms with E-state index in [2.05, 4.69) is 5.32 Å². The predicted molar refractivity (Wildman–Crippen MR) is 103 cm³/mol. The number of urea groups is 1. The average molecular weight is 370 g/mol. The Hall–Kier alpha value is -2.73. The smallest absolute Gasteiger partial charge is 0.317 e. The molecule has 2 aromatic carbocycles. The van der Waals surface area contributed by atoms with Crippen molar-refractivity contribution in [2.24, 2.45) is 0 Å². The Morgan fingerprint density at radius 3 is 2.74 bits per heavy atom. The molecule has 3 rings (SSSR count). The molecular formula is C21H26N2O4. The van der Waals surface area contributed by atoms with Gasteiger partial charge in [-0.2, -0.15) is 0 Å². The molecule has 0 aliphatic carbocycles. The fourth-order valence-electron chi connectivity index (χ4n) is 3.04.